The van der Waals surface area contributed by atoms with E-state index in [-0.39, 0.29) is 11.7 Å². The van der Waals surface area contributed by atoms with Crippen molar-refractivity contribution in [2.24, 2.45) is 5.73 Å². The van der Waals surface area contributed by atoms with Gasteiger partial charge in [-0.3, -0.25) is 5.41 Å². The quantitative estimate of drug-likeness (QED) is 0.507. The molecule has 2 nitrogen and oxygen atoms in total. The van der Waals surface area contributed by atoms with Crippen LogP contribution in [0, 0.1) is 18.2 Å². The van der Waals surface area contributed by atoms with Crippen molar-refractivity contribution < 1.29 is 4.39 Å². The fraction of sp³-hybridized carbons (Fsp3) is 0.133. The highest BCUT2D eigenvalue weighted by Crippen LogP contribution is 2.26. The van der Waals surface area contributed by atoms with Gasteiger partial charge in [-0.25, -0.2) is 4.39 Å². The molecular formula is C15H15FN2S. The van der Waals surface area contributed by atoms with Gasteiger partial charge in [-0.05, 0) is 36.2 Å². The molecule has 0 aliphatic heterocycles. The second kappa shape index (κ2) is 5.89. The van der Waals surface area contributed by atoms with E-state index < -0.39 is 0 Å². The molecule has 0 amide bonds. The van der Waals surface area contributed by atoms with E-state index in [1.165, 1.54) is 17.8 Å². The molecule has 0 saturated heterocycles. The average Bonchev–Trinajstić information content (AvgIpc) is 2.39. The second-order valence-corrected chi connectivity index (χ2v) is 5.29. The molecule has 2 aromatic carbocycles. The maximum absolute atomic E-state index is 13.5. The summed E-state index contributed by atoms with van der Waals surface area (Å²) in [6, 6.07) is 12.4. The fourth-order valence-corrected chi connectivity index (χ4v) is 2.76. The Labute approximate surface area is 116 Å². The van der Waals surface area contributed by atoms with Crippen molar-refractivity contribution in [3.05, 3.63) is 65.0 Å². The monoisotopic (exact) mass is 274 g/mol. The summed E-state index contributed by atoms with van der Waals surface area (Å²) >= 11 is 1.47. The van der Waals surface area contributed by atoms with Gasteiger partial charge in [0.15, 0.2) is 0 Å². The van der Waals surface area contributed by atoms with Crippen molar-refractivity contribution in [3.8, 4) is 0 Å². The Morgan fingerprint density at radius 3 is 2.63 bits per heavy atom. The van der Waals surface area contributed by atoms with Gasteiger partial charge in [0.1, 0.15) is 11.7 Å². The second-order valence-electron chi connectivity index (χ2n) is 4.27. The fourth-order valence-electron chi connectivity index (χ4n) is 1.74. The summed E-state index contributed by atoms with van der Waals surface area (Å²) < 4.78 is 13.5. The zero-order valence-electron chi connectivity index (χ0n) is 10.6. The molecule has 19 heavy (non-hydrogen) atoms. The van der Waals surface area contributed by atoms with Crippen molar-refractivity contribution in [3.63, 3.8) is 0 Å². The summed E-state index contributed by atoms with van der Waals surface area (Å²) in [4.78, 5) is 0.651. The maximum Gasteiger partial charge on any atom is 0.136 e. The number of halogens is 1. The van der Waals surface area contributed by atoms with Gasteiger partial charge in [0.05, 0.1) is 0 Å². The topological polar surface area (TPSA) is 49.9 Å². The molecule has 0 unspecified atom stereocenters. The van der Waals surface area contributed by atoms with Gasteiger partial charge in [0.2, 0.25) is 0 Å². The van der Waals surface area contributed by atoms with Crippen molar-refractivity contribution in [2.45, 2.75) is 17.6 Å². The molecule has 98 valence electrons. The number of nitrogens with one attached hydrogen (secondary N) is 1. The molecule has 0 bridgehead atoms. The first-order valence-corrected chi connectivity index (χ1v) is 6.87. The number of amidine groups is 1. The third-order valence-electron chi connectivity index (χ3n) is 2.87. The van der Waals surface area contributed by atoms with Gasteiger partial charge >= 0.3 is 0 Å². The summed E-state index contributed by atoms with van der Waals surface area (Å²) in [5.41, 5.74) is 8.36. The zero-order valence-corrected chi connectivity index (χ0v) is 11.4. The van der Waals surface area contributed by atoms with Crippen molar-refractivity contribution in [2.75, 3.05) is 0 Å². The molecule has 2 rings (SSSR count). The van der Waals surface area contributed by atoms with Crippen LogP contribution in [0.4, 0.5) is 4.39 Å². The number of benzene rings is 2. The highest BCUT2D eigenvalue weighted by Gasteiger charge is 2.05. The Bertz CT molecular complexity index is 611. The van der Waals surface area contributed by atoms with Crippen LogP contribution in [-0.2, 0) is 5.75 Å². The van der Waals surface area contributed by atoms with Crippen LogP contribution in [0.3, 0.4) is 0 Å². The number of nitrogen functional groups attached to an aromatic ring is 1. The largest absolute Gasteiger partial charge is 0.384 e. The minimum absolute atomic E-state index is 0.0661. The van der Waals surface area contributed by atoms with Crippen LogP contribution in [0.25, 0.3) is 0 Å². The number of aryl methyl sites for hydroxylation is 1. The molecule has 0 spiro atoms. The summed E-state index contributed by atoms with van der Waals surface area (Å²) in [7, 11) is 0. The van der Waals surface area contributed by atoms with E-state index in [0.29, 0.717) is 10.6 Å². The van der Waals surface area contributed by atoms with Gasteiger partial charge in [0.25, 0.3) is 0 Å². The third kappa shape index (κ3) is 3.35. The Morgan fingerprint density at radius 2 is 2.00 bits per heavy atom. The molecule has 0 fully saturated rings. The minimum Gasteiger partial charge on any atom is -0.384 e. The molecule has 0 aliphatic rings. The van der Waals surface area contributed by atoms with E-state index in [1.807, 2.05) is 31.2 Å². The van der Waals surface area contributed by atoms with Crippen molar-refractivity contribution in [1.82, 2.24) is 0 Å². The highest BCUT2D eigenvalue weighted by molar-refractivity contribution is 7.98. The first-order chi connectivity index (χ1) is 9.08. The summed E-state index contributed by atoms with van der Waals surface area (Å²) in [5.74, 6) is 0.576. The standard InChI is InChI=1S/C15H15FN2S/c1-10-8-11(15(17)18)6-7-12(10)9-19-14-5-3-2-4-13(14)16/h2-8H,9H2,1H3,(H3,17,18). The smallest absolute Gasteiger partial charge is 0.136 e. The van der Waals surface area contributed by atoms with Gasteiger partial charge in [-0.2, -0.15) is 0 Å². The SMILES string of the molecule is Cc1cc(C(=N)N)ccc1CSc1ccccc1F. The predicted octanol–water partition coefficient (Wildman–Crippen LogP) is 3.71. The average molecular weight is 274 g/mol. The van der Waals surface area contributed by atoms with E-state index in [9.17, 15) is 4.39 Å². The van der Waals surface area contributed by atoms with Gasteiger partial charge in [-0.15, -0.1) is 11.8 Å². The minimum atomic E-state index is -0.189. The first-order valence-electron chi connectivity index (χ1n) is 5.89. The van der Waals surface area contributed by atoms with Crippen molar-refractivity contribution in [1.29, 1.82) is 5.41 Å². The number of rotatable bonds is 4. The van der Waals surface area contributed by atoms with Crippen LogP contribution >= 0.6 is 11.8 Å². The number of hydrogen-bond acceptors (Lipinski definition) is 2. The lowest BCUT2D eigenvalue weighted by atomic mass is 10.1. The van der Waals surface area contributed by atoms with Gasteiger partial charge in [-0.1, -0.05) is 24.3 Å². The molecule has 0 saturated carbocycles. The van der Waals surface area contributed by atoms with E-state index >= 15 is 0 Å². The van der Waals surface area contributed by atoms with Gasteiger partial charge < -0.3 is 5.73 Å². The van der Waals surface area contributed by atoms with Crippen LogP contribution in [0.1, 0.15) is 16.7 Å². The number of nitrogens with two attached hydrogens (primary N) is 1. The Balaban J connectivity index is 2.12. The van der Waals surface area contributed by atoms with Crippen LogP contribution in [0.15, 0.2) is 47.4 Å². The van der Waals surface area contributed by atoms with E-state index in [1.54, 1.807) is 12.1 Å². The molecule has 0 atom stereocenters. The zero-order chi connectivity index (χ0) is 13.8. The van der Waals surface area contributed by atoms with Crippen LogP contribution < -0.4 is 5.73 Å². The number of thioether (sulfide) groups is 1. The summed E-state index contributed by atoms with van der Waals surface area (Å²) in [5, 5.41) is 7.39. The summed E-state index contributed by atoms with van der Waals surface area (Å²) in [6.45, 7) is 1.98. The van der Waals surface area contributed by atoms with Crippen LogP contribution in [0.2, 0.25) is 0 Å². The Kier molecular flexibility index (Phi) is 4.22. The first kappa shape index (κ1) is 13.6. The highest BCUT2D eigenvalue weighted by atomic mass is 32.2. The lowest BCUT2D eigenvalue weighted by Gasteiger charge is -2.08. The molecule has 0 aliphatic carbocycles. The predicted molar refractivity (Wildman–Crippen MR) is 78.2 cm³/mol. The van der Waals surface area contributed by atoms with Gasteiger partial charge in [0, 0.05) is 16.2 Å². The Morgan fingerprint density at radius 1 is 1.26 bits per heavy atom. The molecule has 0 radical (unpaired) electrons. The third-order valence-corrected chi connectivity index (χ3v) is 3.97. The molecule has 4 heteroatoms. The van der Waals surface area contributed by atoms with Crippen LogP contribution in [0.5, 0.6) is 0 Å². The molecule has 0 heterocycles. The normalized spacial score (nSPS) is 10.4. The number of hydrogen-bond donors (Lipinski definition) is 2. The molecule has 3 N–H and O–H groups in total. The lowest BCUT2D eigenvalue weighted by Crippen LogP contribution is -2.11. The van der Waals surface area contributed by atoms with E-state index in [2.05, 4.69) is 0 Å². The molecular weight excluding hydrogens is 259 g/mol. The molecule has 2 aromatic rings. The van der Waals surface area contributed by atoms with Crippen LogP contribution in [-0.4, -0.2) is 5.84 Å². The van der Waals surface area contributed by atoms with E-state index in [0.717, 1.165) is 16.7 Å². The van der Waals surface area contributed by atoms with E-state index in [4.69, 9.17) is 11.1 Å². The van der Waals surface area contributed by atoms with Crippen molar-refractivity contribution >= 4 is 17.6 Å². The Hall–Kier alpha value is -1.81. The molecule has 0 aromatic heterocycles. The lowest BCUT2D eigenvalue weighted by molar-refractivity contribution is 0.602. The maximum atomic E-state index is 13.5. The summed E-state index contributed by atoms with van der Waals surface area (Å²) in [6.07, 6.45) is 0.